The SMILES string of the molecule is COc1cccc([C@H](C)NC(=O)C(=O)Nc2ccc(Oc3ccnc4cc(OCC5CCNCC5)c(OC)cc34)c(F)c2)c1. The van der Waals surface area contributed by atoms with Crippen molar-refractivity contribution < 1.29 is 32.9 Å². The molecule has 2 amide bonds. The Kier molecular flexibility index (Phi) is 9.75. The standard InChI is InChI=1S/C33H35FN4O6/c1-20(22-5-4-6-24(15-22)41-2)37-32(39)33(40)38-23-7-8-29(26(34)16-23)44-28-11-14-36-27-18-31(30(42-3)17-25(27)28)43-19-21-9-12-35-13-10-21/h4-8,11,14-18,20-21,35H,9-10,12-13,19H2,1-3H3,(H,37,39)(H,38,40)/t20-/m0/s1. The minimum absolute atomic E-state index is 0.0724. The van der Waals surface area contributed by atoms with Gasteiger partial charge in [0.2, 0.25) is 0 Å². The number of amides is 2. The van der Waals surface area contributed by atoms with Gasteiger partial charge in [-0.3, -0.25) is 14.6 Å². The summed E-state index contributed by atoms with van der Waals surface area (Å²) in [6.07, 6.45) is 3.67. The fourth-order valence-corrected chi connectivity index (χ4v) is 4.97. The molecule has 2 heterocycles. The number of halogens is 1. The molecule has 1 aliphatic rings. The van der Waals surface area contributed by atoms with Crippen LogP contribution in [0.25, 0.3) is 10.9 Å². The van der Waals surface area contributed by atoms with Gasteiger partial charge in [-0.1, -0.05) is 12.1 Å². The molecule has 10 nitrogen and oxygen atoms in total. The molecule has 0 radical (unpaired) electrons. The lowest BCUT2D eigenvalue weighted by molar-refractivity contribution is -0.136. The number of pyridine rings is 1. The fraction of sp³-hybridized carbons (Fsp3) is 0.303. The predicted octanol–water partition coefficient (Wildman–Crippen LogP) is 5.38. The van der Waals surface area contributed by atoms with Crippen LogP contribution in [0.5, 0.6) is 28.7 Å². The van der Waals surface area contributed by atoms with Crippen molar-refractivity contribution >= 4 is 28.4 Å². The molecule has 1 aromatic heterocycles. The van der Waals surface area contributed by atoms with E-state index in [1.54, 1.807) is 63.7 Å². The van der Waals surface area contributed by atoms with Crippen LogP contribution in [0.4, 0.5) is 10.1 Å². The highest BCUT2D eigenvalue weighted by Gasteiger charge is 2.20. The van der Waals surface area contributed by atoms with Gasteiger partial charge in [-0.15, -0.1) is 0 Å². The lowest BCUT2D eigenvalue weighted by atomic mass is 9.99. The zero-order valence-corrected chi connectivity index (χ0v) is 24.8. The number of hydrogen-bond acceptors (Lipinski definition) is 8. The topological polar surface area (TPSA) is 120 Å². The molecule has 0 unspecified atom stereocenters. The number of carbonyl (C=O) groups is 2. The van der Waals surface area contributed by atoms with Crippen LogP contribution >= 0.6 is 0 Å². The number of anilines is 1. The molecule has 1 aliphatic heterocycles. The second kappa shape index (κ2) is 14.0. The molecule has 11 heteroatoms. The van der Waals surface area contributed by atoms with E-state index in [4.69, 9.17) is 18.9 Å². The van der Waals surface area contributed by atoms with E-state index in [1.165, 1.54) is 12.1 Å². The Balaban J connectivity index is 1.25. The Hall–Kier alpha value is -4.90. The first-order valence-electron chi connectivity index (χ1n) is 14.4. The number of piperidine rings is 1. The minimum Gasteiger partial charge on any atom is -0.497 e. The van der Waals surface area contributed by atoms with Crippen molar-refractivity contribution in [3.63, 3.8) is 0 Å². The highest BCUT2D eigenvalue weighted by molar-refractivity contribution is 6.39. The van der Waals surface area contributed by atoms with Gasteiger partial charge >= 0.3 is 11.8 Å². The first kappa shape index (κ1) is 30.6. The number of ether oxygens (including phenoxy) is 4. The third-order valence-electron chi connectivity index (χ3n) is 7.48. The van der Waals surface area contributed by atoms with E-state index >= 15 is 4.39 Å². The molecular weight excluding hydrogens is 567 g/mol. The molecule has 3 N–H and O–H groups in total. The monoisotopic (exact) mass is 602 g/mol. The first-order valence-corrected chi connectivity index (χ1v) is 14.4. The smallest absolute Gasteiger partial charge is 0.313 e. The van der Waals surface area contributed by atoms with Crippen LogP contribution in [0, 0.1) is 11.7 Å². The van der Waals surface area contributed by atoms with E-state index in [0.29, 0.717) is 46.4 Å². The van der Waals surface area contributed by atoms with Crippen LogP contribution in [0.1, 0.15) is 31.4 Å². The quantitative estimate of drug-likeness (QED) is 0.207. The molecule has 4 aromatic rings. The Morgan fingerprint density at radius 1 is 0.955 bits per heavy atom. The zero-order valence-electron chi connectivity index (χ0n) is 24.8. The normalized spacial score (nSPS) is 14.0. The van der Waals surface area contributed by atoms with Gasteiger partial charge in [0, 0.05) is 29.4 Å². The van der Waals surface area contributed by atoms with E-state index in [-0.39, 0.29) is 11.4 Å². The number of methoxy groups -OCH3 is 2. The highest BCUT2D eigenvalue weighted by Crippen LogP contribution is 2.38. The number of aromatic nitrogens is 1. The Bertz CT molecular complexity index is 1640. The van der Waals surface area contributed by atoms with Crippen LogP contribution in [-0.2, 0) is 9.59 Å². The first-order chi connectivity index (χ1) is 21.3. The lowest BCUT2D eigenvalue weighted by Gasteiger charge is -2.23. The third-order valence-corrected chi connectivity index (χ3v) is 7.48. The maximum absolute atomic E-state index is 15.1. The Labute approximate surface area is 254 Å². The van der Waals surface area contributed by atoms with Gasteiger partial charge < -0.3 is 34.9 Å². The molecule has 1 fully saturated rings. The van der Waals surface area contributed by atoms with Crippen molar-refractivity contribution in [2.24, 2.45) is 5.92 Å². The number of hydrogen-bond donors (Lipinski definition) is 3. The van der Waals surface area contributed by atoms with Crippen LogP contribution in [0.3, 0.4) is 0 Å². The van der Waals surface area contributed by atoms with Gasteiger partial charge in [0.05, 0.1) is 32.4 Å². The van der Waals surface area contributed by atoms with E-state index < -0.39 is 23.7 Å². The molecule has 3 aromatic carbocycles. The number of rotatable bonds is 10. The summed E-state index contributed by atoms with van der Waals surface area (Å²) >= 11 is 0. The summed E-state index contributed by atoms with van der Waals surface area (Å²) in [5.74, 6) is -0.0458. The van der Waals surface area contributed by atoms with Crippen LogP contribution in [-0.4, -0.2) is 50.7 Å². The summed E-state index contributed by atoms with van der Waals surface area (Å²) in [5, 5.41) is 9.01. The molecule has 0 saturated carbocycles. The van der Waals surface area contributed by atoms with Gasteiger partial charge in [-0.2, -0.15) is 0 Å². The second-order valence-corrected chi connectivity index (χ2v) is 10.5. The maximum Gasteiger partial charge on any atom is 0.313 e. The summed E-state index contributed by atoms with van der Waals surface area (Å²) in [6, 6.07) is 15.8. The molecule has 0 aliphatic carbocycles. The van der Waals surface area contributed by atoms with Gasteiger partial charge in [-0.25, -0.2) is 4.39 Å². The molecule has 44 heavy (non-hydrogen) atoms. The predicted molar refractivity (Wildman–Crippen MR) is 164 cm³/mol. The van der Waals surface area contributed by atoms with Gasteiger partial charge in [0.25, 0.3) is 0 Å². The fourth-order valence-electron chi connectivity index (χ4n) is 4.97. The van der Waals surface area contributed by atoms with Crippen LogP contribution in [0.15, 0.2) is 66.9 Å². The van der Waals surface area contributed by atoms with Gasteiger partial charge in [-0.05, 0) is 80.7 Å². The van der Waals surface area contributed by atoms with E-state index in [0.717, 1.165) is 37.6 Å². The Morgan fingerprint density at radius 2 is 1.77 bits per heavy atom. The summed E-state index contributed by atoms with van der Waals surface area (Å²) in [5.41, 5.74) is 1.46. The molecule has 1 atom stereocenters. The number of benzene rings is 3. The van der Waals surface area contributed by atoms with Crippen molar-refractivity contribution in [3.05, 3.63) is 78.2 Å². The van der Waals surface area contributed by atoms with Gasteiger partial charge in [0.15, 0.2) is 23.1 Å². The Morgan fingerprint density at radius 3 is 2.52 bits per heavy atom. The summed E-state index contributed by atoms with van der Waals surface area (Å²) in [7, 11) is 3.10. The summed E-state index contributed by atoms with van der Waals surface area (Å²) < 4.78 is 37.9. The number of carbonyl (C=O) groups excluding carboxylic acids is 2. The third kappa shape index (κ3) is 7.35. The largest absolute Gasteiger partial charge is 0.497 e. The summed E-state index contributed by atoms with van der Waals surface area (Å²) in [6.45, 7) is 4.29. The van der Waals surface area contributed by atoms with Gasteiger partial charge in [0.1, 0.15) is 11.5 Å². The van der Waals surface area contributed by atoms with E-state index in [9.17, 15) is 9.59 Å². The molecular formula is C33H35FN4O6. The minimum atomic E-state index is -0.932. The van der Waals surface area contributed by atoms with Crippen LogP contribution < -0.4 is 34.9 Å². The molecule has 5 rings (SSSR count). The molecule has 1 saturated heterocycles. The highest BCUT2D eigenvalue weighted by atomic mass is 19.1. The number of nitrogens with zero attached hydrogens (tertiary/aromatic N) is 1. The zero-order chi connectivity index (χ0) is 31.1. The lowest BCUT2D eigenvalue weighted by Crippen LogP contribution is -2.36. The van der Waals surface area contributed by atoms with E-state index in [2.05, 4.69) is 20.9 Å². The molecule has 0 spiro atoms. The average Bonchev–Trinajstić information content (AvgIpc) is 3.05. The van der Waals surface area contributed by atoms with Crippen molar-refractivity contribution in [2.75, 3.05) is 39.2 Å². The average molecular weight is 603 g/mol. The van der Waals surface area contributed by atoms with Crippen molar-refractivity contribution in [1.29, 1.82) is 0 Å². The molecule has 0 bridgehead atoms. The summed E-state index contributed by atoms with van der Waals surface area (Å²) in [4.78, 5) is 29.5. The second-order valence-electron chi connectivity index (χ2n) is 10.5. The number of nitrogens with one attached hydrogen (secondary N) is 3. The molecule has 230 valence electrons. The number of fused-ring (bicyclic) bond motifs is 1. The van der Waals surface area contributed by atoms with Crippen molar-refractivity contribution in [3.8, 4) is 28.7 Å². The van der Waals surface area contributed by atoms with E-state index in [1.807, 2.05) is 6.07 Å². The van der Waals surface area contributed by atoms with Crippen molar-refractivity contribution in [1.82, 2.24) is 15.6 Å². The maximum atomic E-state index is 15.1. The van der Waals surface area contributed by atoms with Crippen LogP contribution in [0.2, 0.25) is 0 Å². The van der Waals surface area contributed by atoms with Crippen molar-refractivity contribution in [2.45, 2.75) is 25.8 Å².